The lowest BCUT2D eigenvalue weighted by Gasteiger charge is -2.20. The van der Waals surface area contributed by atoms with Gasteiger partial charge in [0.25, 0.3) is 5.91 Å². The topological polar surface area (TPSA) is 49.6 Å². The van der Waals surface area contributed by atoms with Gasteiger partial charge in [0.05, 0.1) is 10.4 Å². The summed E-state index contributed by atoms with van der Waals surface area (Å²) >= 11 is 3.05. The quantitative estimate of drug-likeness (QED) is 0.502. The van der Waals surface area contributed by atoms with Crippen LogP contribution in [0, 0.1) is 0 Å². The van der Waals surface area contributed by atoms with Gasteiger partial charge in [-0.05, 0) is 30.3 Å². The highest BCUT2D eigenvalue weighted by Gasteiger charge is 2.15. The van der Waals surface area contributed by atoms with E-state index in [1.165, 1.54) is 22.5 Å². The molecule has 0 atom stereocenters. The molecule has 3 aromatic heterocycles. The first-order valence-electron chi connectivity index (χ1n) is 9.12. The third-order valence-corrected chi connectivity index (χ3v) is 6.58. The predicted octanol–water partition coefficient (Wildman–Crippen LogP) is 4.38. The molecule has 0 saturated heterocycles. The van der Waals surface area contributed by atoms with E-state index in [0.717, 1.165) is 34.9 Å². The molecule has 140 valence electrons. The highest BCUT2D eigenvalue weighted by molar-refractivity contribution is 7.21. The van der Waals surface area contributed by atoms with Crippen molar-refractivity contribution in [1.29, 1.82) is 0 Å². The Morgan fingerprint density at radius 1 is 1.22 bits per heavy atom. The molecule has 7 heteroatoms. The molecule has 0 unspecified atom stereocenters. The van der Waals surface area contributed by atoms with E-state index in [2.05, 4.69) is 47.2 Å². The van der Waals surface area contributed by atoms with Gasteiger partial charge in [-0.25, -0.2) is 4.98 Å². The van der Waals surface area contributed by atoms with E-state index in [0.29, 0.717) is 11.4 Å². The number of nitrogens with zero attached hydrogens (tertiary/aromatic N) is 3. The normalized spacial score (nSPS) is 11.7. The zero-order chi connectivity index (χ0) is 18.8. The van der Waals surface area contributed by atoms with Crippen LogP contribution in [0.5, 0.6) is 0 Å². The average molecular weight is 399 g/mol. The van der Waals surface area contributed by atoms with Crippen molar-refractivity contribution in [1.82, 2.24) is 19.6 Å². The van der Waals surface area contributed by atoms with Crippen molar-refractivity contribution in [3.05, 3.63) is 57.9 Å². The van der Waals surface area contributed by atoms with Crippen LogP contribution in [0.3, 0.4) is 0 Å². The number of benzene rings is 1. The molecule has 1 amide bonds. The van der Waals surface area contributed by atoms with Crippen LogP contribution in [-0.4, -0.2) is 33.3 Å². The Labute approximate surface area is 166 Å². The average Bonchev–Trinajstić information content (AvgIpc) is 3.37. The Morgan fingerprint density at radius 2 is 2.00 bits per heavy atom. The number of carbonyl (C=O) groups excluding carboxylic acids is 1. The van der Waals surface area contributed by atoms with Crippen LogP contribution < -0.4 is 5.32 Å². The molecule has 0 bridgehead atoms. The second-order valence-electron chi connectivity index (χ2n) is 6.38. The van der Waals surface area contributed by atoms with Crippen LogP contribution in [0.25, 0.3) is 15.3 Å². The second-order valence-corrected chi connectivity index (χ2v) is 8.28. The number of aromatic nitrogens is 2. The molecule has 1 aromatic carbocycles. The molecule has 0 aliphatic rings. The van der Waals surface area contributed by atoms with Crippen LogP contribution in [0.2, 0.25) is 0 Å². The van der Waals surface area contributed by atoms with Gasteiger partial charge in [-0.1, -0.05) is 38.1 Å². The number of carbonyl (C=O) groups is 1. The Kier molecular flexibility index (Phi) is 5.24. The molecular formula is C20H22N4OS2. The highest BCUT2D eigenvalue weighted by atomic mass is 32.1. The molecule has 0 aliphatic carbocycles. The maximum Gasteiger partial charge on any atom is 0.261 e. The lowest BCUT2D eigenvalue weighted by atomic mass is 10.1. The minimum absolute atomic E-state index is 0.0420. The number of thiophene rings is 1. The standard InChI is InChI=1S/C20H22N4OS2/c1-3-23(4-2)13-15-8-6-5-7-14(15)12-21-18(25)17-11-16-19(27-17)22-20-24(16)9-10-26-20/h5-11H,3-4,12-13H2,1-2H3,(H,21,25). The fraction of sp³-hybridized carbons (Fsp3) is 0.300. The number of hydrogen-bond donors (Lipinski definition) is 1. The van der Waals surface area contributed by atoms with Gasteiger partial charge in [-0.3, -0.25) is 14.1 Å². The lowest BCUT2D eigenvalue weighted by molar-refractivity contribution is 0.0955. The Balaban J connectivity index is 1.48. The molecule has 4 aromatic rings. The van der Waals surface area contributed by atoms with Crippen molar-refractivity contribution in [3.63, 3.8) is 0 Å². The molecule has 0 spiro atoms. The van der Waals surface area contributed by atoms with Gasteiger partial charge in [-0.15, -0.1) is 22.7 Å². The number of thiazole rings is 1. The van der Waals surface area contributed by atoms with Crippen molar-refractivity contribution >= 4 is 43.9 Å². The SMILES string of the molecule is CCN(CC)Cc1ccccc1CNC(=O)c1cc2c(nc3sccn32)s1. The summed E-state index contributed by atoms with van der Waals surface area (Å²) in [5.41, 5.74) is 3.44. The monoisotopic (exact) mass is 398 g/mol. The summed E-state index contributed by atoms with van der Waals surface area (Å²) in [4.78, 5) is 22.2. The Hall–Kier alpha value is -2.22. The molecule has 3 heterocycles. The van der Waals surface area contributed by atoms with Gasteiger partial charge in [0.1, 0.15) is 4.83 Å². The first-order chi connectivity index (χ1) is 13.2. The predicted molar refractivity (Wildman–Crippen MR) is 113 cm³/mol. The van der Waals surface area contributed by atoms with Crippen LogP contribution >= 0.6 is 22.7 Å². The smallest absolute Gasteiger partial charge is 0.261 e. The number of rotatable bonds is 7. The third kappa shape index (κ3) is 3.63. The van der Waals surface area contributed by atoms with E-state index >= 15 is 0 Å². The van der Waals surface area contributed by atoms with E-state index in [4.69, 9.17) is 0 Å². The number of hydrogen-bond acceptors (Lipinski definition) is 5. The second kappa shape index (κ2) is 7.80. The summed E-state index contributed by atoms with van der Waals surface area (Å²) in [6.45, 7) is 7.82. The third-order valence-electron chi connectivity index (χ3n) is 4.81. The van der Waals surface area contributed by atoms with Gasteiger partial charge in [-0.2, -0.15) is 0 Å². The van der Waals surface area contributed by atoms with Gasteiger partial charge in [0.2, 0.25) is 0 Å². The molecule has 0 radical (unpaired) electrons. The number of amides is 1. The minimum Gasteiger partial charge on any atom is -0.347 e. The van der Waals surface area contributed by atoms with Crippen LogP contribution in [0.15, 0.2) is 41.9 Å². The summed E-state index contributed by atoms with van der Waals surface area (Å²) in [5, 5.41) is 5.08. The molecule has 27 heavy (non-hydrogen) atoms. The summed E-state index contributed by atoms with van der Waals surface area (Å²) in [6, 6.07) is 10.3. The summed E-state index contributed by atoms with van der Waals surface area (Å²) < 4.78 is 2.03. The molecule has 0 fully saturated rings. The Bertz CT molecular complexity index is 1070. The summed E-state index contributed by atoms with van der Waals surface area (Å²) in [7, 11) is 0. The first-order valence-corrected chi connectivity index (χ1v) is 10.8. The van der Waals surface area contributed by atoms with Gasteiger partial charge in [0.15, 0.2) is 4.96 Å². The fourth-order valence-corrected chi connectivity index (χ4v) is 4.91. The summed E-state index contributed by atoms with van der Waals surface area (Å²) in [5.74, 6) is -0.0420. The van der Waals surface area contributed by atoms with E-state index < -0.39 is 0 Å². The number of imidazole rings is 1. The zero-order valence-corrected chi connectivity index (χ0v) is 17.1. The lowest BCUT2D eigenvalue weighted by Crippen LogP contribution is -2.25. The van der Waals surface area contributed by atoms with E-state index in [-0.39, 0.29) is 5.91 Å². The molecule has 0 aliphatic heterocycles. The summed E-state index contributed by atoms with van der Waals surface area (Å²) in [6.07, 6.45) is 1.99. The van der Waals surface area contributed by atoms with Crippen molar-refractivity contribution in [2.45, 2.75) is 26.9 Å². The van der Waals surface area contributed by atoms with Crippen molar-refractivity contribution in [2.24, 2.45) is 0 Å². The van der Waals surface area contributed by atoms with Gasteiger partial charge in [0, 0.05) is 24.7 Å². The molecule has 0 saturated carbocycles. The zero-order valence-electron chi connectivity index (χ0n) is 15.4. The van der Waals surface area contributed by atoms with E-state index in [1.807, 2.05) is 28.1 Å². The molecule has 5 nitrogen and oxygen atoms in total. The molecule has 4 rings (SSSR count). The van der Waals surface area contributed by atoms with Crippen molar-refractivity contribution < 1.29 is 4.79 Å². The number of nitrogens with one attached hydrogen (secondary N) is 1. The molecular weight excluding hydrogens is 376 g/mol. The number of fused-ring (bicyclic) bond motifs is 3. The maximum absolute atomic E-state index is 12.7. The fourth-order valence-electron chi connectivity index (χ4n) is 3.19. The maximum atomic E-state index is 12.7. The van der Waals surface area contributed by atoms with Crippen LogP contribution in [0.4, 0.5) is 0 Å². The van der Waals surface area contributed by atoms with Crippen molar-refractivity contribution in [3.8, 4) is 0 Å². The molecule has 1 N–H and O–H groups in total. The largest absolute Gasteiger partial charge is 0.347 e. The Morgan fingerprint density at radius 3 is 2.78 bits per heavy atom. The van der Waals surface area contributed by atoms with Crippen molar-refractivity contribution in [2.75, 3.05) is 13.1 Å². The highest BCUT2D eigenvalue weighted by Crippen LogP contribution is 2.28. The van der Waals surface area contributed by atoms with E-state index in [1.54, 1.807) is 11.3 Å². The van der Waals surface area contributed by atoms with Crippen LogP contribution in [0.1, 0.15) is 34.6 Å². The van der Waals surface area contributed by atoms with Crippen LogP contribution in [-0.2, 0) is 13.1 Å². The minimum atomic E-state index is -0.0420. The van der Waals surface area contributed by atoms with Gasteiger partial charge < -0.3 is 5.32 Å². The van der Waals surface area contributed by atoms with E-state index in [9.17, 15) is 4.79 Å². The first kappa shape index (κ1) is 18.2. The van der Waals surface area contributed by atoms with Gasteiger partial charge >= 0.3 is 0 Å².